The molecule has 0 radical (unpaired) electrons. The van der Waals surface area contributed by atoms with E-state index in [1.165, 1.54) is 0 Å². The molecule has 1 unspecified atom stereocenters. The van der Waals surface area contributed by atoms with Crippen LogP contribution in [0.5, 0.6) is 0 Å². The quantitative estimate of drug-likeness (QED) is 0.706. The highest BCUT2D eigenvalue weighted by molar-refractivity contribution is 4.77. The summed E-state index contributed by atoms with van der Waals surface area (Å²) in [5, 5.41) is 7.54. The Labute approximate surface area is 85.3 Å². The molecule has 4 nitrogen and oxygen atoms in total. The fourth-order valence-electron chi connectivity index (χ4n) is 1.25. The molecule has 1 aromatic heterocycles. The molecule has 0 spiro atoms. The van der Waals surface area contributed by atoms with Crippen molar-refractivity contribution in [3.8, 4) is 0 Å². The molecular formula is C10H19N3O. The summed E-state index contributed by atoms with van der Waals surface area (Å²) < 4.78 is 6.93. The summed E-state index contributed by atoms with van der Waals surface area (Å²) in [5.41, 5.74) is 0. The van der Waals surface area contributed by atoms with Crippen molar-refractivity contribution in [1.82, 2.24) is 15.1 Å². The third kappa shape index (κ3) is 4.39. The molecule has 0 aliphatic carbocycles. The van der Waals surface area contributed by atoms with Crippen molar-refractivity contribution in [2.45, 2.75) is 25.9 Å². The van der Waals surface area contributed by atoms with E-state index in [4.69, 9.17) is 4.74 Å². The van der Waals surface area contributed by atoms with Gasteiger partial charge in [0.1, 0.15) is 0 Å². The normalized spacial score (nSPS) is 13.0. The maximum atomic E-state index is 5.01. The molecular weight excluding hydrogens is 178 g/mol. The van der Waals surface area contributed by atoms with E-state index in [1.807, 2.05) is 16.9 Å². The lowest BCUT2D eigenvalue weighted by Crippen LogP contribution is -2.30. The second-order valence-electron chi connectivity index (χ2n) is 3.41. The Morgan fingerprint density at radius 1 is 1.57 bits per heavy atom. The van der Waals surface area contributed by atoms with E-state index in [9.17, 15) is 0 Å². The van der Waals surface area contributed by atoms with Gasteiger partial charge in [-0.2, -0.15) is 5.10 Å². The van der Waals surface area contributed by atoms with Gasteiger partial charge < -0.3 is 10.1 Å². The lowest BCUT2D eigenvalue weighted by Gasteiger charge is -2.12. The summed E-state index contributed by atoms with van der Waals surface area (Å²) in [7, 11) is 1.73. The van der Waals surface area contributed by atoms with E-state index in [0.29, 0.717) is 6.04 Å². The number of nitrogens with one attached hydrogen (secondary N) is 1. The summed E-state index contributed by atoms with van der Waals surface area (Å²) >= 11 is 0. The fourth-order valence-corrected chi connectivity index (χ4v) is 1.25. The molecule has 0 fully saturated rings. The average molecular weight is 197 g/mol. The highest BCUT2D eigenvalue weighted by Gasteiger charge is 1.99. The van der Waals surface area contributed by atoms with Crippen molar-refractivity contribution in [2.75, 3.05) is 20.3 Å². The largest absolute Gasteiger partial charge is 0.385 e. The van der Waals surface area contributed by atoms with Gasteiger partial charge in [-0.1, -0.05) is 0 Å². The molecule has 1 rings (SSSR count). The van der Waals surface area contributed by atoms with Gasteiger partial charge in [-0.05, 0) is 19.4 Å². The first-order valence-corrected chi connectivity index (χ1v) is 5.02. The number of nitrogens with zero attached hydrogens (tertiary/aromatic N) is 2. The number of aromatic nitrogens is 2. The van der Waals surface area contributed by atoms with Crippen LogP contribution in [0.1, 0.15) is 13.3 Å². The Balaban J connectivity index is 2.03. The topological polar surface area (TPSA) is 39.1 Å². The van der Waals surface area contributed by atoms with Crippen LogP contribution in [0.15, 0.2) is 18.5 Å². The Bertz CT molecular complexity index is 223. The minimum Gasteiger partial charge on any atom is -0.385 e. The molecule has 0 bridgehead atoms. The van der Waals surface area contributed by atoms with Gasteiger partial charge in [0, 0.05) is 38.7 Å². The average Bonchev–Trinajstić information content (AvgIpc) is 2.67. The van der Waals surface area contributed by atoms with Gasteiger partial charge in [0.25, 0.3) is 0 Å². The molecule has 1 aromatic rings. The third-order valence-electron chi connectivity index (χ3n) is 2.15. The number of hydrogen-bond acceptors (Lipinski definition) is 3. The fraction of sp³-hybridized carbons (Fsp3) is 0.700. The van der Waals surface area contributed by atoms with Crippen LogP contribution in [0.25, 0.3) is 0 Å². The number of rotatable bonds is 7. The molecule has 0 aliphatic rings. The van der Waals surface area contributed by atoms with Crippen LogP contribution in [0.2, 0.25) is 0 Å². The summed E-state index contributed by atoms with van der Waals surface area (Å²) in [4.78, 5) is 0. The maximum absolute atomic E-state index is 5.01. The first kappa shape index (κ1) is 11.2. The molecule has 0 saturated heterocycles. The Morgan fingerprint density at radius 3 is 3.07 bits per heavy atom. The summed E-state index contributed by atoms with van der Waals surface area (Å²) in [6.45, 7) is 4.86. The Morgan fingerprint density at radius 2 is 2.43 bits per heavy atom. The van der Waals surface area contributed by atoms with Crippen LogP contribution in [-0.2, 0) is 11.3 Å². The molecule has 80 valence electrons. The lowest BCUT2D eigenvalue weighted by atomic mass is 10.2. The van der Waals surface area contributed by atoms with Gasteiger partial charge in [0.05, 0.1) is 6.54 Å². The first-order chi connectivity index (χ1) is 6.83. The second kappa shape index (κ2) is 6.56. The highest BCUT2D eigenvalue weighted by atomic mass is 16.5. The summed E-state index contributed by atoms with van der Waals surface area (Å²) in [6, 6.07) is 2.44. The standard InChI is InChI=1S/C10H19N3O/c1-10(4-9-14-2)11-6-8-13-7-3-5-12-13/h3,5,7,10-11H,4,6,8-9H2,1-2H3. The van der Waals surface area contributed by atoms with E-state index in [2.05, 4.69) is 17.3 Å². The Hall–Kier alpha value is -0.870. The van der Waals surface area contributed by atoms with Crippen molar-refractivity contribution < 1.29 is 4.74 Å². The number of methoxy groups -OCH3 is 1. The number of hydrogen-bond donors (Lipinski definition) is 1. The predicted octanol–water partition coefficient (Wildman–Crippen LogP) is 0.898. The molecule has 0 aliphatic heterocycles. The zero-order chi connectivity index (χ0) is 10.2. The Kier molecular flexibility index (Phi) is 5.25. The van der Waals surface area contributed by atoms with Gasteiger partial charge >= 0.3 is 0 Å². The van der Waals surface area contributed by atoms with Crippen LogP contribution in [0.4, 0.5) is 0 Å². The minimum absolute atomic E-state index is 0.505. The van der Waals surface area contributed by atoms with E-state index >= 15 is 0 Å². The van der Waals surface area contributed by atoms with Crippen molar-refractivity contribution in [3.63, 3.8) is 0 Å². The van der Waals surface area contributed by atoms with Crippen LogP contribution < -0.4 is 5.32 Å². The van der Waals surface area contributed by atoms with Gasteiger partial charge in [-0.15, -0.1) is 0 Å². The highest BCUT2D eigenvalue weighted by Crippen LogP contribution is 1.90. The lowest BCUT2D eigenvalue weighted by molar-refractivity contribution is 0.184. The molecule has 0 saturated carbocycles. The van der Waals surface area contributed by atoms with E-state index < -0.39 is 0 Å². The van der Waals surface area contributed by atoms with Crippen LogP contribution in [0, 0.1) is 0 Å². The van der Waals surface area contributed by atoms with Crippen LogP contribution >= 0.6 is 0 Å². The van der Waals surface area contributed by atoms with E-state index in [0.717, 1.165) is 26.1 Å². The van der Waals surface area contributed by atoms with Crippen LogP contribution in [-0.4, -0.2) is 36.1 Å². The monoisotopic (exact) mass is 197 g/mol. The van der Waals surface area contributed by atoms with Gasteiger partial charge in [-0.3, -0.25) is 4.68 Å². The molecule has 14 heavy (non-hydrogen) atoms. The molecule has 1 atom stereocenters. The van der Waals surface area contributed by atoms with Gasteiger partial charge in [-0.25, -0.2) is 0 Å². The predicted molar refractivity (Wildman–Crippen MR) is 56.2 cm³/mol. The van der Waals surface area contributed by atoms with Gasteiger partial charge in [0.2, 0.25) is 0 Å². The molecule has 4 heteroatoms. The molecule has 1 heterocycles. The van der Waals surface area contributed by atoms with Gasteiger partial charge in [0.15, 0.2) is 0 Å². The first-order valence-electron chi connectivity index (χ1n) is 5.02. The molecule has 1 N–H and O–H groups in total. The zero-order valence-corrected chi connectivity index (χ0v) is 8.94. The molecule has 0 amide bonds. The van der Waals surface area contributed by atoms with Crippen LogP contribution in [0.3, 0.4) is 0 Å². The van der Waals surface area contributed by atoms with Crippen molar-refractivity contribution in [2.24, 2.45) is 0 Å². The van der Waals surface area contributed by atoms with E-state index in [-0.39, 0.29) is 0 Å². The third-order valence-corrected chi connectivity index (χ3v) is 2.15. The summed E-state index contributed by atoms with van der Waals surface area (Å²) in [5.74, 6) is 0. The number of ether oxygens (including phenoxy) is 1. The second-order valence-corrected chi connectivity index (χ2v) is 3.41. The smallest absolute Gasteiger partial charge is 0.0534 e. The SMILES string of the molecule is COCCC(C)NCCn1cccn1. The minimum atomic E-state index is 0.505. The maximum Gasteiger partial charge on any atom is 0.0534 e. The molecule has 0 aromatic carbocycles. The van der Waals surface area contributed by atoms with Crippen molar-refractivity contribution >= 4 is 0 Å². The van der Waals surface area contributed by atoms with Crippen molar-refractivity contribution in [3.05, 3.63) is 18.5 Å². The van der Waals surface area contributed by atoms with E-state index in [1.54, 1.807) is 13.3 Å². The van der Waals surface area contributed by atoms with Crippen molar-refractivity contribution in [1.29, 1.82) is 0 Å². The summed E-state index contributed by atoms with van der Waals surface area (Å²) in [6.07, 6.45) is 4.82. The zero-order valence-electron chi connectivity index (χ0n) is 8.94.